The first kappa shape index (κ1) is 10.9. The molecule has 1 aromatic carbocycles. The van der Waals surface area contributed by atoms with Gasteiger partial charge in [-0.1, -0.05) is 22.0 Å². The highest BCUT2D eigenvalue weighted by atomic mass is 79.9. The molecule has 0 aliphatic heterocycles. The molecule has 0 fully saturated rings. The molecule has 74 valence electrons. The van der Waals surface area contributed by atoms with Crippen LogP contribution in [0.5, 0.6) is 0 Å². The largest absolute Gasteiger partial charge is 0.478 e. The second kappa shape index (κ2) is 4.37. The van der Waals surface area contributed by atoms with E-state index < -0.39 is 5.97 Å². The Morgan fingerprint density at radius 3 is 2.57 bits per heavy atom. The van der Waals surface area contributed by atoms with E-state index in [0.717, 1.165) is 0 Å². The lowest BCUT2D eigenvalue weighted by molar-refractivity contribution is -0.116. The number of halogens is 1. The zero-order chi connectivity index (χ0) is 10.7. The van der Waals surface area contributed by atoms with Crippen LogP contribution in [0.4, 0.5) is 0 Å². The summed E-state index contributed by atoms with van der Waals surface area (Å²) in [6, 6.07) is 4.85. The Morgan fingerprint density at radius 1 is 1.43 bits per heavy atom. The van der Waals surface area contributed by atoms with Crippen LogP contribution in [-0.4, -0.2) is 16.9 Å². The van der Waals surface area contributed by atoms with Crippen molar-refractivity contribution in [3.8, 4) is 0 Å². The average Bonchev–Trinajstić information content (AvgIpc) is 2.07. The van der Waals surface area contributed by atoms with Gasteiger partial charge in [-0.25, -0.2) is 4.79 Å². The summed E-state index contributed by atoms with van der Waals surface area (Å²) in [4.78, 5) is 21.7. The van der Waals surface area contributed by atoms with Crippen molar-refractivity contribution in [3.63, 3.8) is 0 Å². The summed E-state index contributed by atoms with van der Waals surface area (Å²) in [6.45, 7) is 1.44. The summed E-state index contributed by atoms with van der Waals surface area (Å²) in [5.41, 5.74) is 0.710. The smallest absolute Gasteiger partial charge is 0.336 e. The van der Waals surface area contributed by atoms with Gasteiger partial charge in [0, 0.05) is 10.9 Å². The van der Waals surface area contributed by atoms with Gasteiger partial charge < -0.3 is 5.11 Å². The molecule has 1 N–H and O–H groups in total. The standard InChI is InChI=1S/C10H9BrO3/c1-6(12)5-8-7(10(13)14)3-2-4-9(8)11/h2-4H,5H2,1H3,(H,13,14). The number of aromatic carboxylic acids is 1. The first-order chi connectivity index (χ1) is 6.52. The lowest BCUT2D eigenvalue weighted by Gasteiger charge is -2.05. The number of ketones is 1. The van der Waals surface area contributed by atoms with Crippen LogP contribution >= 0.6 is 15.9 Å². The maximum atomic E-state index is 10.9. The normalized spacial score (nSPS) is 9.86. The zero-order valence-corrected chi connectivity index (χ0v) is 9.17. The maximum absolute atomic E-state index is 10.9. The first-order valence-electron chi connectivity index (χ1n) is 4.02. The maximum Gasteiger partial charge on any atom is 0.336 e. The molecule has 0 aliphatic carbocycles. The van der Waals surface area contributed by atoms with Gasteiger partial charge >= 0.3 is 5.97 Å². The van der Waals surface area contributed by atoms with E-state index in [1.807, 2.05) is 0 Å². The van der Waals surface area contributed by atoms with E-state index in [0.29, 0.717) is 10.0 Å². The Labute approximate surface area is 89.9 Å². The molecule has 0 spiro atoms. The van der Waals surface area contributed by atoms with E-state index in [9.17, 15) is 9.59 Å². The van der Waals surface area contributed by atoms with Crippen molar-refractivity contribution in [2.75, 3.05) is 0 Å². The fourth-order valence-corrected chi connectivity index (χ4v) is 1.69. The number of benzene rings is 1. The summed E-state index contributed by atoms with van der Waals surface area (Å²) < 4.78 is 0.660. The van der Waals surface area contributed by atoms with E-state index in [2.05, 4.69) is 15.9 Å². The van der Waals surface area contributed by atoms with Crippen LogP contribution in [0.15, 0.2) is 22.7 Å². The van der Waals surface area contributed by atoms with Crippen molar-refractivity contribution in [2.24, 2.45) is 0 Å². The summed E-state index contributed by atoms with van der Waals surface area (Å²) >= 11 is 3.23. The van der Waals surface area contributed by atoms with E-state index >= 15 is 0 Å². The van der Waals surface area contributed by atoms with Crippen molar-refractivity contribution in [2.45, 2.75) is 13.3 Å². The minimum atomic E-state index is -1.01. The van der Waals surface area contributed by atoms with Crippen molar-refractivity contribution in [1.29, 1.82) is 0 Å². The SMILES string of the molecule is CC(=O)Cc1c(Br)cccc1C(=O)O. The summed E-state index contributed by atoms with van der Waals surface area (Å²) in [7, 11) is 0. The summed E-state index contributed by atoms with van der Waals surface area (Å²) in [6.07, 6.45) is 0.142. The van der Waals surface area contributed by atoms with E-state index in [1.165, 1.54) is 13.0 Å². The van der Waals surface area contributed by atoms with Gasteiger partial charge in [0.05, 0.1) is 5.56 Å². The van der Waals surface area contributed by atoms with Crippen LogP contribution < -0.4 is 0 Å². The van der Waals surface area contributed by atoms with Crippen LogP contribution in [-0.2, 0) is 11.2 Å². The highest BCUT2D eigenvalue weighted by Gasteiger charge is 2.13. The molecule has 1 rings (SSSR count). The molecule has 3 nitrogen and oxygen atoms in total. The highest BCUT2D eigenvalue weighted by Crippen LogP contribution is 2.21. The van der Waals surface area contributed by atoms with Gasteiger partial charge in [-0.2, -0.15) is 0 Å². The topological polar surface area (TPSA) is 54.4 Å². The third kappa shape index (κ3) is 2.42. The number of carboxylic acids is 1. The number of hydrogen-bond donors (Lipinski definition) is 1. The van der Waals surface area contributed by atoms with Crippen molar-refractivity contribution in [3.05, 3.63) is 33.8 Å². The molecule has 0 aromatic heterocycles. The number of Topliss-reactive ketones (excluding diaryl/α,β-unsaturated/α-hetero) is 1. The second-order valence-electron chi connectivity index (χ2n) is 2.95. The Hall–Kier alpha value is -1.16. The van der Waals surface area contributed by atoms with Crippen LogP contribution in [0.3, 0.4) is 0 Å². The van der Waals surface area contributed by atoms with Gasteiger partial charge in [0.2, 0.25) is 0 Å². The van der Waals surface area contributed by atoms with Crippen LogP contribution in [0.2, 0.25) is 0 Å². The predicted molar refractivity (Wildman–Crippen MR) is 55.5 cm³/mol. The average molecular weight is 257 g/mol. The molecule has 0 amide bonds. The minimum Gasteiger partial charge on any atom is -0.478 e. The van der Waals surface area contributed by atoms with Crippen molar-refractivity contribution < 1.29 is 14.7 Å². The molecule has 14 heavy (non-hydrogen) atoms. The minimum absolute atomic E-state index is 0.0561. The molecule has 4 heteroatoms. The lowest BCUT2D eigenvalue weighted by atomic mass is 10.0. The fraction of sp³-hybridized carbons (Fsp3) is 0.200. The van der Waals surface area contributed by atoms with Gasteiger partial charge in [-0.05, 0) is 24.6 Å². The predicted octanol–water partition coefficient (Wildman–Crippen LogP) is 2.28. The van der Waals surface area contributed by atoms with E-state index in [-0.39, 0.29) is 17.8 Å². The Morgan fingerprint density at radius 2 is 2.07 bits per heavy atom. The number of rotatable bonds is 3. The third-order valence-corrected chi connectivity index (χ3v) is 2.52. The molecular weight excluding hydrogens is 248 g/mol. The Kier molecular flexibility index (Phi) is 3.41. The van der Waals surface area contributed by atoms with Gasteiger partial charge in [0.25, 0.3) is 0 Å². The molecule has 1 aromatic rings. The van der Waals surface area contributed by atoms with Gasteiger partial charge in [-0.3, -0.25) is 4.79 Å². The van der Waals surface area contributed by atoms with Crippen molar-refractivity contribution in [1.82, 2.24) is 0 Å². The van der Waals surface area contributed by atoms with Crippen LogP contribution in [0, 0.1) is 0 Å². The number of carbonyl (C=O) groups excluding carboxylic acids is 1. The zero-order valence-electron chi connectivity index (χ0n) is 7.58. The fourth-order valence-electron chi connectivity index (χ4n) is 1.19. The summed E-state index contributed by atoms with van der Waals surface area (Å²) in [5, 5.41) is 8.87. The monoisotopic (exact) mass is 256 g/mol. The Bertz CT molecular complexity index is 385. The first-order valence-corrected chi connectivity index (χ1v) is 4.81. The molecule has 0 bridgehead atoms. The second-order valence-corrected chi connectivity index (χ2v) is 3.80. The molecular formula is C10H9BrO3. The van der Waals surface area contributed by atoms with Crippen LogP contribution in [0.1, 0.15) is 22.8 Å². The Balaban J connectivity index is 3.22. The van der Waals surface area contributed by atoms with Crippen molar-refractivity contribution >= 4 is 27.7 Å². The quantitative estimate of drug-likeness (QED) is 0.903. The third-order valence-electron chi connectivity index (χ3n) is 1.77. The highest BCUT2D eigenvalue weighted by molar-refractivity contribution is 9.10. The number of carboxylic acid groups (broad SMARTS) is 1. The van der Waals surface area contributed by atoms with Crippen LogP contribution in [0.25, 0.3) is 0 Å². The molecule has 0 aliphatic rings. The van der Waals surface area contributed by atoms with E-state index in [4.69, 9.17) is 5.11 Å². The molecule has 0 saturated carbocycles. The summed E-state index contributed by atoms with van der Waals surface area (Å²) in [5.74, 6) is -1.07. The lowest BCUT2D eigenvalue weighted by Crippen LogP contribution is -2.06. The molecule has 0 saturated heterocycles. The van der Waals surface area contributed by atoms with Gasteiger partial charge in [-0.15, -0.1) is 0 Å². The molecule has 0 atom stereocenters. The number of carbonyl (C=O) groups is 2. The molecule has 0 unspecified atom stereocenters. The number of hydrogen-bond acceptors (Lipinski definition) is 2. The molecule has 0 heterocycles. The van der Waals surface area contributed by atoms with Gasteiger partial charge in [0.15, 0.2) is 0 Å². The molecule has 0 radical (unpaired) electrons. The van der Waals surface area contributed by atoms with Gasteiger partial charge in [0.1, 0.15) is 5.78 Å². The van der Waals surface area contributed by atoms with E-state index in [1.54, 1.807) is 12.1 Å².